The summed E-state index contributed by atoms with van der Waals surface area (Å²) in [6, 6.07) is 6.20. The Bertz CT molecular complexity index is 604. The summed E-state index contributed by atoms with van der Waals surface area (Å²) in [5, 5.41) is 2.83. The summed E-state index contributed by atoms with van der Waals surface area (Å²) >= 11 is 0. The van der Waals surface area contributed by atoms with Crippen LogP contribution in [0.15, 0.2) is 18.2 Å². The predicted molar refractivity (Wildman–Crippen MR) is 104 cm³/mol. The van der Waals surface area contributed by atoms with Crippen molar-refractivity contribution in [3.8, 4) is 0 Å². The zero-order valence-corrected chi connectivity index (χ0v) is 16.2. The Kier molecular flexibility index (Phi) is 8.39. The number of halogens is 1. The molecule has 0 bridgehead atoms. The normalized spacial score (nSPS) is 13.9. The van der Waals surface area contributed by atoms with E-state index in [9.17, 15) is 9.59 Å². The van der Waals surface area contributed by atoms with E-state index in [-0.39, 0.29) is 30.3 Å². The van der Waals surface area contributed by atoms with E-state index >= 15 is 0 Å². The van der Waals surface area contributed by atoms with E-state index < -0.39 is 0 Å². The zero-order chi connectivity index (χ0) is 17.7. The van der Waals surface area contributed by atoms with E-state index in [0.717, 1.165) is 30.5 Å². The van der Waals surface area contributed by atoms with Gasteiger partial charge in [-0.2, -0.15) is 0 Å². The third-order valence-corrected chi connectivity index (χ3v) is 4.73. The lowest BCUT2D eigenvalue weighted by Gasteiger charge is -2.21. The van der Waals surface area contributed by atoms with Gasteiger partial charge in [0, 0.05) is 31.7 Å². The summed E-state index contributed by atoms with van der Waals surface area (Å²) in [5.74, 6) is 0.664. The van der Waals surface area contributed by atoms with Crippen LogP contribution in [0.4, 0.5) is 5.69 Å². The Hall–Kier alpha value is -1.59. The molecule has 0 saturated heterocycles. The van der Waals surface area contributed by atoms with Crippen molar-refractivity contribution in [2.75, 3.05) is 18.9 Å². The van der Waals surface area contributed by atoms with Gasteiger partial charge in [0.05, 0.1) is 6.42 Å². The van der Waals surface area contributed by atoms with Crippen molar-refractivity contribution in [1.82, 2.24) is 4.90 Å². The number of carbonyl (C=O) groups is 2. The fourth-order valence-electron chi connectivity index (χ4n) is 2.87. The molecule has 6 heteroatoms. The molecule has 0 spiro atoms. The molecule has 2 rings (SSSR count). The van der Waals surface area contributed by atoms with Crippen molar-refractivity contribution in [1.29, 1.82) is 0 Å². The molecule has 3 N–H and O–H groups in total. The summed E-state index contributed by atoms with van der Waals surface area (Å²) in [6.07, 6.45) is 3.51. The molecule has 1 atom stereocenters. The highest BCUT2D eigenvalue weighted by molar-refractivity contribution is 5.99. The molecule has 0 aromatic heterocycles. The molecule has 1 aliphatic heterocycles. The fraction of sp³-hybridized carbons (Fsp3) is 0.579. The number of nitrogens with zero attached hydrogens (tertiary/aromatic N) is 1. The maximum atomic E-state index is 12.2. The van der Waals surface area contributed by atoms with E-state index in [1.807, 2.05) is 19.2 Å². The van der Waals surface area contributed by atoms with Crippen molar-refractivity contribution >= 4 is 29.9 Å². The number of benzene rings is 1. The number of aryl methyl sites for hydroxylation is 1. The molecule has 1 aromatic rings. The molecule has 25 heavy (non-hydrogen) atoms. The van der Waals surface area contributed by atoms with Crippen LogP contribution >= 0.6 is 12.4 Å². The molecule has 0 aliphatic carbocycles. The van der Waals surface area contributed by atoms with Crippen molar-refractivity contribution in [2.45, 2.75) is 52.0 Å². The van der Waals surface area contributed by atoms with Gasteiger partial charge in [-0.3, -0.25) is 9.59 Å². The Morgan fingerprint density at radius 2 is 2.08 bits per heavy atom. The first kappa shape index (κ1) is 21.5. The fourth-order valence-corrected chi connectivity index (χ4v) is 2.87. The topological polar surface area (TPSA) is 75.4 Å². The molecule has 1 heterocycles. The van der Waals surface area contributed by atoms with Crippen LogP contribution in [0.2, 0.25) is 0 Å². The lowest BCUT2D eigenvalue weighted by molar-refractivity contribution is -0.130. The minimum atomic E-state index is 0. The first-order valence-corrected chi connectivity index (χ1v) is 8.78. The summed E-state index contributed by atoms with van der Waals surface area (Å²) < 4.78 is 0. The summed E-state index contributed by atoms with van der Waals surface area (Å²) in [5.41, 5.74) is 9.19. The number of amides is 2. The molecule has 1 unspecified atom stereocenters. The highest BCUT2D eigenvalue weighted by atomic mass is 35.5. The van der Waals surface area contributed by atoms with Gasteiger partial charge >= 0.3 is 0 Å². The monoisotopic (exact) mass is 367 g/mol. The quantitative estimate of drug-likeness (QED) is 0.741. The lowest BCUT2D eigenvalue weighted by atomic mass is 10.0. The first-order chi connectivity index (χ1) is 11.4. The molecule has 1 aromatic carbocycles. The number of nitrogens with one attached hydrogen (secondary N) is 1. The second-order valence-corrected chi connectivity index (χ2v) is 7.08. The highest BCUT2D eigenvalue weighted by Crippen LogP contribution is 2.24. The van der Waals surface area contributed by atoms with Gasteiger partial charge in [-0.25, -0.2) is 0 Å². The Balaban J connectivity index is 0.00000312. The standard InChI is InChI=1S/C19H29N3O2.ClH/c1-13(2)16(20)9-10-22(3)19(24)6-4-5-14-7-8-17-15(11-14)12-18(23)21-17;/h7-8,11,13,16H,4-6,9-10,12,20H2,1-3H3,(H,21,23);1H. The average Bonchev–Trinajstić information content (AvgIpc) is 2.91. The van der Waals surface area contributed by atoms with Crippen LogP contribution in [-0.2, 0) is 22.4 Å². The minimum Gasteiger partial charge on any atom is -0.346 e. The van der Waals surface area contributed by atoms with Crippen molar-refractivity contribution in [2.24, 2.45) is 11.7 Å². The summed E-state index contributed by atoms with van der Waals surface area (Å²) in [6.45, 7) is 4.92. The molecule has 0 fully saturated rings. The molecule has 2 amide bonds. The van der Waals surface area contributed by atoms with Crippen LogP contribution in [0.3, 0.4) is 0 Å². The van der Waals surface area contributed by atoms with E-state index in [2.05, 4.69) is 25.2 Å². The highest BCUT2D eigenvalue weighted by Gasteiger charge is 2.17. The maximum Gasteiger partial charge on any atom is 0.228 e. The van der Waals surface area contributed by atoms with Crippen LogP contribution in [-0.4, -0.2) is 36.3 Å². The maximum absolute atomic E-state index is 12.2. The number of anilines is 1. The van der Waals surface area contributed by atoms with Gasteiger partial charge in [-0.15, -0.1) is 12.4 Å². The zero-order valence-electron chi connectivity index (χ0n) is 15.4. The molecule has 1 aliphatic rings. The second kappa shape index (κ2) is 9.78. The minimum absolute atomic E-state index is 0. The van der Waals surface area contributed by atoms with Crippen molar-refractivity contribution in [3.63, 3.8) is 0 Å². The number of rotatable bonds is 8. The van der Waals surface area contributed by atoms with Gasteiger partial charge in [0.15, 0.2) is 0 Å². The predicted octanol–water partition coefficient (Wildman–Crippen LogP) is 2.76. The van der Waals surface area contributed by atoms with Crippen LogP contribution < -0.4 is 11.1 Å². The Labute approximate surface area is 156 Å². The van der Waals surface area contributed by atoms with Gasteiger partial charge < -0.3 is 16.0 Å². The molecule has 140 valence electrons. The molecular weight excluding hydrogens is 338 g/mol. The van der Waals surface area contributed by atoms with E-state index in [1.165, 1.54) is 5.56 Å². The molecule has 0 saturated carbocycles. The number of hydrogen-bond acceptors (Lipinski definition) is 3. The third kappa shape index (κ3) is 6.33. The van der Waals surface area contributed by atoms with Crippen LogP contribution in [0, 0.1) is 5.92 Å². The third-order valence-electron chi connectivity index (χ3n) is 4.73. The summed E-state index contributed by atoms with van der Waals surface area (Å²) in [4.78, 5) is 25.3. The number of nitrogens with two attached hydrogens (primary N) is 1. The average molecular weight is 368 g/mol. The van der Waals surface area contributed by atoms with Crippen LogP contribution in [0.5, 0.6) is 0 Å². The van der Waals surface area contributed by atoms with Crippen LogP contribution in [0.1, 0.15) is 44.2 Å². The molecule has 5 nitrogen and oxygen atoms in total. The van der Waals surface area contributed by atoms with E-state index in [0.29, 0.717) is 25.3 Å². The number of hydrogen-bond donors (Lipinski definition) is 2. The Morgan fingerprint density at radius 3 is 2.76 bits per heavy atom. The van der Waals surface area contributed by atoms with Crippen LogP contribution in [0.25, 0.3) is 0 Å². The largest absolute Gasteiger partial charge is 0.346 e. The number of carbonyl (C=O) groups excluding carboxylic acids is 2. The van der Waals surface area contributed by atoms with Gasteiger partial charge in [0.1, 0.15) is 0 Å². The smallest absolute Gasteiger partial charge is 0.228 e. The second-order valence-electron chi connectivity index (χ2n) is 7.08. The molecular formula is C19H30ClN3O2. The Morgan fingerprint density at radius 1 is 1.36 bits per heavy atom. The van der Waals surface area contributed by atoms with Gasteiger partial charge in [0.2, 0.25) is 11.8 Å². The van der Waals surface area contributed by atoms with Gasteiger partial charge in [-0.05, 0) is 42.4 Å². The van der Waals surface area contributed by atoms with Gasteiger partial charge in [0.25, 0.3) is 0 Å². The van der Waals surface area contributed by atoms with Crippen molar-refractivity contribution < 1.29 is 9.59 Å². The molecule has 0 radical (unpaired) electrons. The van der Waals surface area contributed by atoms with E-state index in [4.69, 9.17) is 5.73 Å². The van der Waals surface area contributed by atoms with E-state index in [1.54, 1.807) is 4.90 Å². The number of fused-ring (bicyclic) bond motifs is 1. The lowest BCUT2D eigenvalue weighted by Crippen LogP contribution is -2.34. The summed E-state index contributed by atoms with van der Waals surface area (Å²) in [7, 11) is 1.85. The van der Waals surface area contributed by atoms with Gasteiger partial charge in [-0.1, -0.05) is 26.0 Å². The SMILES string of the molecule is CC(C)C(N)CCN(C)C(=O)CCCc1ccc2c(c1)CC(=O)N2.Cl. The van der Waals surface area contributed by atoms with Crippen molar-refractivity contribution in [3.05, 3.63) is 29.3 Å². The first-order valence-electron chi connectivity index (χ1n) is 8.78.